The number of aliphatic hydroxyl groups is 2. The molecule has 1 unspecified atom stereocenters. The van der Waals surface area contributed by atoms with Crippen LogP contribution in [0.1, 0.15) is 40.5 Å². The van der Waals surface area contributed by atoms with E-state index in [2.05, 4.69) is 17.4 Å². The zero-order valence-electron chi connectivity index (χ0n) is 18.6. The van der Waals surface area contributed by atoms with Crippen molar-refractivity contribution in [2.75, 3.05) is 6.54 Å². The first kappa shape index (κ1) is 24.4. The Labute approximate surface area is 207 Å². The zero-order chi connectivity index (χ0) is 24.1. The number of likely N-dealkylation sites (tertiary alicyclic amines) is 1. The molecule has 3 atom stereocenters. The van der Waals surface area contributed by atoms with Crippen LogP contribution < -0.4 is 5.32 Å². The first-order valence-electron chi connectivity index (χ1n) is 11.2. The van der Waals surface area contributed by atoms with Crippen LogP contribution in [0.15, 0.2) is 66.0 Å². The second-order valence-electron chi connectivity index (χ2n) is 8.44. The molecule has 1 aromatic heterocycles. The van der Waals surface area contributed by atoms with Crippen LogP contribution in [0.5, 0.6) is 0 Å². The molecule has 3 N–H and O–H groups in total. The van der Waals surface area contributed by atoms with Crippen molar-refractivity contribution in [3.05, 3.63) is 92.6 Å². The molecule has 2 amide bonds. The Morgan fingerprint density at radius 3 is 2.62 bits per heavy atom. The number of hydrogen-bond donors (Lipinski definition) is 3. The molecule has 0 spiro atoms. The van der Waals surface area contributed by atoms with Gasteiger partial charge in [-0.1, -0.05) is 54.1 Å². The summed E-state index contributed by atoms with van der Waals surface area (Å²) in [6.45, 7) is 0.659. The molecule has 0 saturated carbocycles. The van der Waals surface area contributed by atoms with Crippen LogP contribution in [0.2, 0.25) is 5.02 Å². The molecule has 3 aromatic rings. The smallest absolute Gasteiger partial charge is 0.255 e. The lowest BCUT2D eigenvalue weighted by molar-refractivity contribution is -0.153. The van der Waals surface area contributed by atoms with Crippen molar-refractivity contribution in [1.29, 1.82) is 0 Å². The average molecular weight is 499 g/mol. The van der Waals surface area contributed by atoms with Gasteiger partial charge in [0.2, 0.25) is 0 Å². The van der Waals surface area contributed by atoms with E-state index in [4.69, 9.17) is 11.6 Å². The molecule has 1 saturated heterocycles. The highest BCUT2D eigenvalue weighted by Gasteiger charge is 2.38. The van der Waals surface area contributed by atoms with Crippen LogP contribution >= 0.6 is 22.9 Å². The summed E-state index contributed by atoms with van der Waals surface area (Å²) < 4.78 is 0. The Morgan fingerprint density at radius 1 is 1.06 bits per heavy atom. The third-order valence-corrected chi connectivity index (χ3v) is 7.21. The van der Waals surface area contributed by atoms with Crippen LogP contribution in [0.3, 0.4) is 0 Å². The van der Waals surface area contributed by atoms with Crippen molar-refractivity contribution in [2.45, 2.75) is 44.1 Å². The maximum absolute atomic E-state index is 12.9. The molecule has 2 aromatic carbocycles. The summed E-state index contributed by atoms with van der Waals surface area (Å²) in [7, 11) is 0. The lowest BCUT2D eigenvalue weighted by Gasteiger charge is -2.28. The number of carbonyl (C=O) groups is 2. The maximum Gasteiger partial charge on any atom is 0.255 e. The molecule has 178 valence electrons. The van der Waals surface area contributed by atoms with E-state index < -0.39 is 24.0 Å². The highest BCUT2D eigenvalue weighted by molar-refractivity contribution is 7.10. The van der Waals surface area contributed by atoms with E-state index in [9.17, 15) is 19.8 Å². The fraction of sp³-hybridized carbons (Fsp3) is 0.308. The van der Waals surface area contributed by atoms with Gasteiger partial charge in [0.25, 0.3) is 11.8 Å². The number of nitrogens with zero attached hydrogens (tertiary/aromatic N) is 1. The van der Waals surface area contributed by atoms with Crippen molar-refractivity contribution in [3.63, 3.8) is 0 Å². The summed E-state index contributed by atoms with van der Waals surface area (Å²) in [5.41, 5.74) is 3.21. The van der Waals surface area contributed by atoms with Crippen LogP contribution in [0.4, 0.5) is 0 Å². The number of rotatable bonds is 8. The predicted molar refractivity (Wildman–Crippen MR) is 133 cm³/mol. The van der Waals surface area contributed by atoms with E-state index in [0.717, 1.165) is 35.3 Å². The lowest BCUT2D eigenvalue weighted by atomic mass is 10.0. The first-order valence-corrected chi connectivity index (χ1v) is 12.5. The first-order chi connectivity index (χ1) is 16.4. The molecular weight excluding hydrogens is 472 g/mol. The second-order valence-corrected chi connectivity index (χ2v) is 9.87. The number of benzene rings is 2. The van der Waals surface area contributed by atoms with E-state index in [0.29, 0.717) is 11.6 Å². The molecule has 2 heterocycles. The molecule has 8 heteroatoms. The average Bonchev–Trinajstić information content (AvgIpc) is 3.51. The number of carbonyl (C=O) groups excluding carboxylic acids is 2. The quantitative estimate of drug-likeness (QED) is 0.442. The van der Waals surface area contributed by atoms with Crippen molar-refractivity contribution >= 4 is 34.8 Å². The fourth-order valence-corrected chi connectivity index (χ4v) is 5.29. The van der Waals surface area contributed by atoms with E-state index in [1.807, 2.05) is 41.8 Å². The third kappa shape index (κ3) is 5.85. The third-order valence-electron chi connectivity index (χ3n) is 5.99. The Hall–Kier alpha value is -2.71. The number of hydrogen-bond acceptors (Lipinski definition) is 5. The molecule has 34 heavy (non-hydrogen) atoms. The Morgan fingerprint density at radius 2 is 1.85 bits per heavy atom. The lowest BCUT2D eigenvalue weighted by Crippen LogP contribution is -2.50. The van der Waals surface area contributed by atoms with Gasteiger partial charge in [-0.2, -0.15) is 0 Å². The van der Waals surface area contributed by atoms with Gasteiger partial charge >= 0.3 is 0 Å². The van der Waals surface area contributed by atoms with Crippen LogP contribution in [-0.4, -0.2) is 45.7 Å². The summed E-state index contributed by atoms with van der Waals surface area (Å²) in [4.78, 5) is 27.8. The van der Waals surface area contributed by atoms with Gasteiger partial charge in [-0.15, -0.1) is 11.3 Å². The van der Waals surface area contributed by atoms with Gasteiger partial charge in [-0.05, 0) is 59.5 Å². The second kappa shape index (κ2) is 11.1. The van der Waals surface area contributed by atoms with Crippen LogP contribution in [0.25, 0.3) is 0 Å². The summed E-state index contributed by atoms with van der Waals surface area (Å²) in [6, 6.07) is 19.1. The molecule has 1 aliphatic rings. The van der Waals surface area contributed by atoms with Gasteiger partial charge in [-0.3, -0.25) is 9.59 Å². The summed E-state index contributed by atoms with van der Waals surface area (Å²) in [5.74, 6) is -1.44. The molecule has 0 bridgehead atoms. The molecule has 6 nitrogen and oxygen atoms in total. The normalized spacial score (nSPS) is 17.4. The van der Waals surface area contributed by atoms with Crippen molar-refractivity contribution in [1.82, 2.24) is 10.2 Å². The highest BCUT2D eigenvalue weighted by atomic mass is 35.5. The van der Waals surface area contributed by atoms with Gasteiger partial charge in [0.1, 0.15) is 0 Å². The minimum Gasteiger partial charge on any atom is -0.380 e. The Bertz CT molecular complexity index is 1140. The van der Waals surface area contributed by atoms with Gasteiger partial charge in [0.15, 0.2) is 12.2 Å². The summed E-state index contributed by atoms with van der Waals surface area (Å²) >= 11 is 7.60. The largest absolute Gasteiger partial charge is 0.380 e. The Kier molecular flexibility index (Phi) is 8.00. The number of halogens is 1. The predicted octanol–water partition coefficient (Wildman–Crippen LogP) is 3.69. The molecule has 1 fully saturated rings. The van der Waals surface area contributed by atoms with Gasteiger partial charge in [0.05, 0.1) is 12.6 Å². The number of nitrogens with one attached hydrogen (secondary N) is 1. The van der Waals surface area contributed by atoms with Crippen molar-refractivity contribution in [3.8, 4) is 0 Å². The van der Waals surface area contributed by atoms with Crippen molar-refractivity contribution in [2.24, 2.45) is 0 Å². The van der Waals surface area contributed by atoms with Gasteiger partial charge < -0.3 is 20.4 Å². The van der Waals surface area contributed by atoms with E-state index in [-0.39, 0.29) is 12.6 Å². The van der Waals surface area contributed by atoms with E-state index in [1.165, 1.54) is 21.8 Å². The summed E-state index contributed by atoms with van der Waals surface area (Å²) in [6.07, 6.45) is -1.40. The van der Waals surface area contributed by atoms with Gasteiger partial charge in [-0.25, -0.2) is 0 Å². The molecular formula is C26H27ClN2O4S. The topological polar surface area (TPSA) is 89.9 Å². The molecule has 0 radical (unpaired) electrons. The maximum atomic E-state index is 12.9. The minimum absolute atomic E-state index is 0.213. The number of amides is 2. The van der Waals surface area contributed by atoms with Crippen molar-refractivity contribution < 1.29 is 19.8 Å². The SMILES string of the molecule is O=C(NCc1cc(Cc2ccccc2)cs1)[C@H](O)[C@@H](O)C(=O)N1CCCC1c1cccc(Cl)c1. The molecule has 4 rings (SSSR count). The number of thiophene rings is 1. The standard InChI is InChI=1S/C26H27ClN2O4S/c27-20-9-4-8-19(14-20)22-10-5-11-29(22)26(33)24(31)23(30)25(32)28-15-21-13-18(16-34-21)12-17-6-2-1-3-7-17/h1-4,6-9,13-14,16,22-24,30-31H,5,10-12,15H2,(H,28,32)/t22?,23-,24-/m1/s1. The monoisotopic (exact) mass is 498 g/mol. The fourth-order valence-electron chi connectivity index (χ4n) is 4.26. The highest BCUT2D eigenvalue weighted by Crippen LogP contribution is 2.33. The summed E-state index contributed by atoms with van der Waals surface area (Å²) in [5, 5.41) is 26.1. The molecule has 1 aliphatic heterocycles. The van der Waals surface area contributed by atoms with Crippen LogP contribution in [0, 0.1) is 0 Å². The zero-order valence-corrected chi connectivity index (χ0v) is 20.1. The van der Waals surface area contributed by atoms with E-state index >= 15 is 0 Å². The number of aliphatic hydroxyl groups excluding tert-OH is 2. The molecule has 0 aliphatic carbocycles. The van der Waals surface area contributed by atoms with E-state index in [1.54, 1.807) is 12.1 Å². The minimum atomic E-state index is -1.85. The van der Waals surface area contributed by atoms with Gasteiger partial charge in [0, 0.05) is 16.4 Å². The van der Waals surface area contributed by atoms with Crippen LogP contribution in [-0.2, 0) is 22.6 Å². The Balaban J connectivity index is 1.32.